The molecule has 1 aliphatic heterocycles. The molecule has 6 nitrogen and oxygen atoms in total. The van der Waals surface area contributed by atoms with E-state index in [0.717, 1.165) is 22.3 Å². The number of piperidine rings is 1. The van der Waals surface area contributed by atoms with Gasteiger partial charge in [-0.1, -0.05) is 18.2 Å². The quantitative estimate of drug-likeness (QED) is 0.898. The van der Waals surface area contributed by atoms with Crippen molar-refractivity contribution in [2.45, 2.75) is 38.8 Å². The molecular weight excluding hydrogens is 308 g/mol. The molecule has 0 radical (unpaired) electrons. The highest BCUT2D eigenvalue weighted by molar-refractivity contribution is 5.87. The number of aliphatic hydroxyl groups is 1. The lowest BCUT2D eigenvalue weighted by atomic mass is 9.91. The number of fused-ring (bicyclic) bond motifs is 1. The standard InChI is InChI=1S/C18H22N2O4/c1-12-15(14-6-3-4-7-16(14)24-12)10-19-17(22)18(23)8-5-9-20(11-18)13(2)21/h3-4,6-7,23H,5,8-11H2,1-2H3,(H,19,22). The number of furan rings is 1. The van der Waals surface area contributed by atoms with Crippen LogP contribution in [0.15, 0.2) is 28.7 Å². The van der Waals surface area contributed by atoms with Gasteiger partial charge in [-0.3, -0.25) is 9.59 Å². The zero-order valence-corrected chi connectivity index (χ0v) is 14.0. The normalized spacial score (nSPS) is 21.0. The van der Waals surface area contributed by atoms with Crippen LogP contribution in [0.4, 0.5) is 0 Å². The number of β-amino-alcohol motifs (C(OH)–C–C–N with tert-alkyl or cyclic N) is 1. The summed E-state index contributed by atoms with van der Waals surface area (Å²) in [5.74, 6) is 0.174. The van der Waals surface area contributed by atoms with Crippen molar-refractivity contribution in [2.75, 3.05) is 13.1 Å². The predicted octanol–water partition coefficient (Wildman–Crippen LogP) is 1.73. The zero-order valence-electron chi connectivity index (χ0n) is 14.0. The molecule has 2 amide bonds. The molecule has 128 valence electrons. The van der Waals surface area contributed by atoms with E-state index in [1.165, 1.54) is 11.8 Å². The summed E-state index contributed by atoms with van der Waals surface area (Å²) in [5, 5.41) is 14.4. The van der Waals surface area contributed by atoms with E-state index < -0.39 is 11.5 Å². The fourth-order valence-electron chi connectivity index (χ4n) is 3.26. The van der Waals surface area contributed by atoms with Crippen LogP contribution in [-0.2, 0) is 16.1 Å². The van der Waals surface area contributed by atoms with Crippen LogP contribution in [0.3, 0.4) is 0 Å². The molecule has 24 heavy (non-hydrogen) atoms. The number of nitrogens with one attached hydrogen (secondary N) is 1. The van der Waals surface area contributed by atoms with Crippen LogP contribution < -0.4 is 5.32 Å². The van der Waals surface area contributed by atoms with Gasteiger partial charge in [0.25, 0.3) is 5.91 Å². The molecule has 1 saturated heterocycles. The van der Waals surface area contributed by atoms with Gasteiger partial charge in [0.1, 0.15) is 11.3 Å². The summed E-state index contributed by atoms with van der Waals surface area (Å²) >= 11 is 0. The minimum atomic E-state index is -1.53. The van der Waals surface area contributed by atoms with Crippen molar-refractivity contribution in [1.29, 1.82) is 0 Å². The molecule has 3 rings (SSSR count). The zero-order chi connectivity index (χ0) is 17.3. The van der Waals surface area contributed by atoms with Gasteiger partial charge in [-0.05, 0) is 25.8 Å². The van der Waals surface area contributed by atoms with Crippen LogP contribution >= 0.6 is 0 Å². The second-order valence-corrected chi connectivity index (χ2v) is 6.39. The van der Waals surface area contributed by atoms with E-state index in [9.17, 15) is 14.7 Å². The number of carbonyl (C=O) groups is 2. The number of hydrogen-bond acceptors (Lipinski definition) is 4. The Morgan fingerprint density at radius 1 is 1.38 bits per heavy atom. The Hall–Kier alpha value is -2.34. The number of para-hydroxylation sites is 1. The van der Waals surface area contributed by atoms with Gasteiger partial charge in [-0.15, -0.1) is 0 Å². The summed E-state index contributed by atoms with van der Waals surface area (Å²) in [6, 6.07) is 7.64. The van der Waals surface area contributed by atoms with Gasteiger partial charge in [0.15, 0.2) is 5.60 Å². The minimum absolute atomic E-state index is 0.0410. The minimum Gasteiger partial charge on any atom is -0.461 e. The molecule has 0 aliphatic carbocycles. The summed E-state index contributed by atoms with van der Waals surface area (Å²) < 4.78 is 5.68. The lowest BCUT2D eigenvalue weighted by molar-refractivity contribution is -0.150. The number of aryl methyl sites for hydroxylation is 1. The molecule has 2 heterocycles. The van der Waals surface area contributed by atoms with Crippen LogP contribution in [0.1, 0.15) is 31.1 Å². The Bertz CT molecular complexity index is 782. The Morgan fingerprint density at radius 3 is 2.88 bits per heavy atom. The average molecular weight is 330 g/mol. The molecule has 0 saturated carbocycles. The fraction of sp³-hybridized carbons (Fsp3) is 0.444. The van der Waals surface area contributed by atoms with Crippen molar-refractivity contribution in [1.82, 2.24) is 10.2 Å². The van der Waals surface area contributed by atoms with Crippen LogP contribution in [-0.4, -0.2) is 40.5 Å². The first kappa shape index (κ1) is 16.5. The van der Waals surface area contributed by atoms with E-state index in [2.05, 4.69) is 5.32 Å². The largest absolute Gasteiger partial charge is 0.461 e. The third-order valence-corrected chi connectivity index (χ3v) is 4.66. The number of carbonyl (C=O) groups excluding carboxylic acids is 2. The van der Waals surface area contributed by atoms with Crippen molar-refractivity contribution in [3.05, 3.63) is 35.6 Å². The lowest BCUT2D eigenvalue weighted by Gasteiger charge is -2.37. The first-order valence-electron chi connectivity index (χ1n) is 8.14. The van der Waals surface area contributed by atoms with Gasteiger partial charge in [-0.2, -0.15) is 0 Å². The lowest BCUT2D eigenvalue weighted by Crippen LogP contribution is -2.57. The van der Waals surface area contributed by atoms with Gasteiger partial charge in [0.05, 0.1) is 6.54 Å². The Balaban J connectivity index is 1.72. The molecule has 1 aromatic carbocycles. The van der Waals surface area contributed by atoms with E-state index in [1.54, 1.807) is 0 Å². The van der Waals surface area contributed by atoms with E-state index in [-0.39, 0.29) is 19.0 Å². The van der Waals surface area contributed by atoms with E-state index in [0.29, 0.717) is 19.4 Å². The van der Waals surface area contributed by atoms with Crippen molar-refractivity contribution in [2.24, 2.45) is 0 Å². The Kier molecular flexibility index (Phi) is 4.32. The molecular formula is C18H22N2O4. The number of benzene rings is 1. The van der Waals surface area contributed by atoms with E-state index >= 15 is 0 Å². The highest BCUT2D eigenvalue weighted by atomic mass is 16.3. The van der Waals surface area contributed by atoms with Crippen molar-refractivity contribution in [3.63, 3.8) is 0 Å². The maximum absolute atomic E-state index is 12.5. The molecule has 1 unspecified atom stereocenters. The third kappa shape index (κ3) is 3.01. The Morgan fingerprint density at radius 2 is 2.12 bits per heavy atom. The summed E-state index contributed by atoms with van der Waals surface area (Å²) in [5.41, 5.74) is 0.150. The average Bonchev–Trinajstić information content (AvgIpc) is 2.88. The molecule has 1 aliphatic rings. The molecule has 0 spiro atoms. The topological polar surface area (TPSA) is 82.8 Å². The summed E-state index contributed by atoms with van der Waals surface area (Å²) in [4.78, 5) is 25.5. The van der Waals surface area contributed by atoms with Crippen molar-refractivity contribution in [3.8, 4) is 0 Å². The molecule has 1 fully saturated rings. The number of nitrogens with zero attached hydrogens (tertiary/aromatic N) is 1. The third-order valence-electron chi connectivity index (χ3n) is 4.66. The monoisotopic (exact) mass is 330 g/mol. The van der Waals surface area contributed by atoms with Crippen LogP contribution in [0.25, 0.3) is 11.0 Å². The fourth-order valence-corrected chi connectivity index (χ4v) is 3.26. The highest BCUT2D eigenvalue weighted by Gasteiger charge is 2.41. The summed E-state index contributed by atoms with van der Waals surface area (Å²) in [7, 11) is 0. The van der Waals surface area contributed by atoms with Crippen LogP contribution in [0.5, 0.6) is 0 Å². The number of amides is 2. The first-order chi connectivity index (χ1) is 11.4. The smallest absolute Gasteiger partial charge is 0.254 e. The van der Waals surface area contributed by atoms with Gasteiger partial charge in [-0.25, -0.2) is 0 Å². The number of likely N-dealkylation sites (tertiary alicyclic amines) is 1. The highest BCUT2D eigenvalue weighted by Crippen LogP contribution is 2.26. The van der Waals surface area contributed by atoms with Crippen molar-refractivity contribution < 1.29 is 19.1 Å². The van der Waals surface area contributed by atoms with E-state index in [1.807, 2.05) is 31.2 Å². The summed E-state index contributed by atoms with van der Waals surface area (Å²) in [6.45, 7) is 4.21. The van der Waals surface area contributed by atoms with Gasteiger partial charge < -0.3 is 19.7 Å². The molecule has 2 aromatic rings. The first-order valence-corrected chi connectivity index (χ1v) is 8.14. The SMILES string of the molecule is CC(=O)N1CCCC(O)(C(=O)NCc2c(C)oc3ccccc23)C1. The Labute approximate surface area is 140 Å². The second kappa shape index (κ2) is 6.28. The van der Waals surface area contributed by atoms with Gasteiger partial charge >= 0.3 is 0 Å². The number of rotatable bonds is 3. The maximum atomic E-state index is 12.5. The van der Waals surface area contributed by atoms with E-state index in [4.69, 9.17) is 4.42 Å². The number of hydrogen-bond donors (Lipinski definition) is 2. The summed E-state index contributed by atoms with van der Waals surface area (Å²) in [6.07, 6.45) is 0.963. The predicted molar refractivity (Wildman–Crippen MR) is 89.2 cm³/mol. The van der Waals surface area contributed by atoms with Gasteiger partial charge in [0, 0.05) is 31.0 Å². The van der Waals surface area contributed by atoms with Crippen LogP contribution in [0, 0.1) is 6.92 Å². The second-order valence-electron chi connectivity index (χ2n) is 6.39. The molecule has 0 bridgehead atoms. The van der Waals surface area contributed by atoms with Crippen LogP contribution in [0.2, 0.25) is 0 Å². The maximum Gasteiger partial charge on any atom is 0.254 e. The molecule has 6 heteroatoms. The molecule has 2 N–H and O–H groups in total. The molecule has 1 atom stereocenters. The van der Waals surface area contributed by atoms with Gasteiger partial charge in [0.2, 0.25) is 5.91 Å². The van der Waals surface area contributed by atoms with Crippen molar-refractivity contribution >= 4 is 22.8 Å². The molecule has 1 aromatic heterocycles.